The van der Waals surface area contributed by atoms with Gasteiger partial charge >= 0.3 is 5.97 Å². The number of carboxylic acid groups (broad SMARTS) is 1. The summed E-state index contributed by atoms with van der Waals surface area (Å²) in [5.41, 5.74) is 0.731. The van der Waals surface area contributed by atoms with Crippen LogP contribution in [0.25, 0.3) is 0 Å². The monoisotopic (exact) mass is 301 g/mol. The average molecular weight is 302 g/mol. The number of hydrogen-bond donors (Lipinski definition) is 2. The van der Waals surface area contributed by atoms with Crippen molar-refractivity contribution in [2.24, 2.45) is 0 Å². The van der Waals surface area contributed by atoms with E-state index in [0.29, 0.717) is 21.5 Å². The molecule has 2 aromatic rings. The van der Waals surface area contributed by atoms with Gasteiger partial charge in [0.1, 0.15) is 4.88 Å². The highest BCUT2D eigenvalue weighted by atomic mass is 35.5. The van der Waals surface area contributed by atoms with Gasteiger partial charge < -0.3 is 10.4 Å². The predicted molar refractivity (Wildman–Crippen MR) is 75.1 cm³/mol. The lowest BCUT2D eigenvalue weighted by Crippen LogP contribution is -1.98. The highest BCUT2D eigenvalue weighted by Gasteiger charge is 2.08. The zero-order chi connectivity index (χ0) is 13.1. The minimum Gasteiger partial charge on any atom is -0.477 e. The minimum atomic E-state index is -0.910. The Bertz CT molecular complexity index is 583. The molecular formula is C12H9Cl2NO2S. The first-order chi connectivity index (χ1) is 8.58. The average Bonchev–Trinajstić information content (AvgIpc) is 2.80. The van der Waals surface area contributed by atoms with Crippen molar-refractivity contribution in [2.75, 3.05) is 5.32 Å². The number of aromatic carboxylic acids is 1. The smallest absolute Gasteiger partial charge is 0.345 e. The summed E-state index contributed by atoms with van der Waals surface area (Å²) in [6.45, 7) is 0.512. The Morgan fingerprint density at radius 3 is 2.72 bits per heavy atom. The van der Waals surface area contributed by atoms with E-state index in [1.807, 2.05) is 6.07 Å². The third kappa shape index (κ3) is 2.96. The molecule has 18 heavy (non-hydrogen) atoms. The number of hydrogen-bond acceptors (Lipinski definition) is 3. The van der Waals surface area contributed by atoms with Gasteiger partial charge in [-0.15, -0.1) is 11.3 Å². The number of carbonyl (C=O) groups is 1. The van der Waals surface area contributed by atoms with E-state index in [-0.39, 0.29) is 0 Å². The third-order valence-electron chi connectivity index (χ3n) is 2.28. The Kier molecular flexibility index (Phi) is 4.11. The summed E-state index contributed by atoms with van der Waals surface area (Å²) < 4.78 is 0. The zero-order valence-electron chi connectivity index (χ0n) is 9.11. The van der Waals surface area contributed by atoms with Gasteiger partial charge in [0.25, 0.3) is 0 Å². The van der Waals surface area contributed by atoms with E-state index in [0.717, 1.165) is 10.6 Å². The van der Waals surface area contributed by atoms with Crippen molar-refractivity contribution < 1.29 is 9.90 Å². The molecule has 2 N–H and O–H groups in total. The SMILES string of the molecule is O=C(O)c1ccc(CNc2cccc(Cl)c2Cl)s1. The molecule has 0 fully saturated rings. The number of benzene rings is 1. The van der Waals surface area contributed by atoms with Crippen LogP contribution in [0.4, 0.5) is 5.69 Å². The van der Waals surface area contributed by atoms with E-state index in [1.165, 1.54) is 11.3 Å². The largest absolute Gasteiger partial charge is 0.477 e. The van der Waals surface area contributed by atoms with Gasteiger partial charge in [-0.05, 0) is 24.3 Å². The molecule has 0 spiro atoms. The summed E-state index contributed by atoms with van der Waals surface area (Å²) in [7, 11) is 0. The van der Waals surface area contributed by atoms with Crippen LogP contribution < -0.4 is 5.32 Å². The van der Waals surface area contributed by atoms with Gasteiger partial charge in [-0.1, -0.05) is 29.3 Å². The molecule has 0 aliphatic rings. The quantitative estimate of drug-likeness (QED) is 0.882. The molecule has 1 aromatic heterocycles. The van der Waals surface area contributed by atoms with E-state index in [4.69, 9.17) is 28.3 Å². The van der Waals surface area contributed by atoms with Crippen LogP contribution in [0.15, 0.2) is 30.3 Å². The number of nitrogens with one attached hydrogen (secondary N) is 1. The Labute approximate surface area is 118 Å². The van der Waals surface area contributed by atoms with Crippen molar-refractivity contribution in [3.8, 4) is 0 Å². The van der Waals surface area contributed by atoms with Crippen molar-refractivity contribution >= 4 is 46.2 Å². The topological polar surface area (TPSA) is 49.3 Å². The van der Waals surface area contributed by atoms with E-state index >= 15 is 0 Å². The second-order valence-corrected chi connectivity index (χ2v) is 5.48. The number of rotatable bonds is 4. The number of anilines is 1. The van der Waals surface area contributed by atoms with E-state index in [2.05, 4.69) is 5.32 Å². The van der Waals surface area contributed by atoms with Crippen LogP contribution in [-0.2, 0) is 6.54 Å². The number of carboxylic acids is 1. The number of thiophene rings is 1. The second kappa shape index (κ2) is 5.61. The van der Waals surface area contributed by atoms with Crippen molar-refractivity contribution in [1.29, 1.82) is 0 Å². The van der Waals surface area contributed by atoms with Crippen LogP contribution in [0.2, 0.25) is 10.0 Å². The summed E-state index contributed by atoms with van der Waals surface area (Å²) in [6.07, 6.45) is 0. The molecule has 94 valence electrons. The van der Waals surface area contributed by atoms with Gasteiger partial charge in [0.15, 0.2) is 0 Å². The standard InChI is InChI=1S/C12H9Cl2NO2S/c13-8-2-1-3-9(11(8)14)15-6-7-4-5-10(18-7)12(16)17/h1-5,15H,6H2,(H,16,17). The van der Waals surface area contributed by atoms with Crippen molar-refractivity contribution in [3.05, 3.63) is 50.1 Å². The molecule has 0 unspecified atom stereocenters. The first-order valence-electron chi connectivity index (χ1n) is 5.08. The van der Waals surface area contributed by atoms with Crippen LogP contribution in [0.3, 0.4) is 0 Å². The van der Waals surface area contributed by atoms with Crippen LogP contribution in [0.1, 0.15) is 14.5 Å². The van der Waals surface area contributed by atoms with Crippen LogP contribution in [-0.4, -0.2) is 11.1 Å². The molecular weight excluding hydrogens is 293 g/mol. The van der Waals surface area contributed by atoms with Gasteiger partial charge in [-0.3, -0.25) is 0 Å². The second-order valence-electron chi connectivity index (χ2n) is 3.53. The van der Waals surface area contributed by atoms with Gasteiger partial charge in [0.05, 0.1) is 15.7 Å². The summed E-state index contributed by atoms with van der Waals surface area (Å²) in [5.74, 6) is -0.910. The lowest BCUT2D eigenvalue weighted by Gasteiger charge is -2.07. The van der Waals surface area contributed by atoms with Gasteiger partial charge in [0.2, 0.25) is 0 Å². The molecule has 0 aliphatic carbocycles. The third-order valence-corrected chi connectivity index (χ3v) is 4.17. The van der Waals surface area contributed by atoms with E-state index in [1.54, 1.807) is 24.3 Å². The van der Waals surface area contributed by atoms with Crippen molar-refractivity contribution in [3.63, 3.8) is 0 Å². The fourth-order valence-electron chi connectivity index (χ4n) is 1.41. The predicted octanol–water partition coefficient (Wildman–Crippen LogP) is 4.37. The molecule has 0 saturated carbocycles. The molecule has 6 heteroatoms. The molecule has 0 amide bonds. The molecule has 0 saturated heterocycles. The lowest BCUT2D eigenvalue weighted by atomic mass is 10.3. The maximum atomic E-state index is 10.7. The zero-order valence-corrected chi connectivity index (χ0v) is 11.4. The lowest BCUT2D eigenvalue weighted by molar-refractivity contribution is 0.0702. The summed E-state index contributed by atoms with van der Waals surface area (Å²) in [5, 5.41) is 12.9. The highest BCUT2D eigenvalue weighted by Crippen LogP contribution is 2.30. The maximum absolute atomic E-state index is 10.7. The minimum absolute atomic E-state index is 0.323. The van der Waals surface area contributed by atoms with E-state index in [9.17, 15) is 4.79 Å². The Balaban J connectivity index is 2.07. The maximum Gasteiger partial charge on any atom is 0.345 e. The normalized spacial score (nSPS) is 10.3. The van der Waals surface area contributed by atoms with Crippen LogP contribution >= 0.6 is 34.5 Å². The molecule has 0 bridgehead atoms. The molecule has 2 rings (SSSR count). The highest BCUT2D eigenvalue weighted by molar-refractivity contribution is 7.13. The van der Waals surface area contributed by atoms with Gasteiger partial charge in [0, 0.05) is 11.4 Å². The van der Waals surface area contributed by atoms with Gasteiger partial charge in [-0.2, -0.15) is 0 Å². The van der Waals surface area contributed by atoms with Gasteiger partial charge in [-0.25, -0.2) is 4.79 Å². The first kappa shape index (κ1) is 13.2. The number of halogens is 2. The summed E-state index contributed by atoms with van der Waals surface area (Å²) in [4.78, 5) is 12.0. The fraction of sp³-hybridized carbons (Fsp3) is 0.0833. The van der Waals surface area contributed by atoms with Crippen molar-refractivity contribution in [2.45, 2.75) is 6.54 Å². The Morgan fingerprint density at radius 2 is 2.06 bits per heavy atom. The van der Waals surface area contributed by atoms with Crippen LogP contribution in [0, 0.1) is 0 Å². The molecule has 3 nitrogen and oxygen atoms in total. The summed E-state index contributed by atoms with van der Waals surface area (Å²) in [6, 6.07) is 8.69. The molecule has 0 radical (unpaired) electrons. The molecule has 0 atom stereocenters. The van der Waals surface area contributed by atoms with E-state index < -0.39 is 5.97 Å². The summed E-state index contributed by atoms with van der Waals surface area (Å²) >= 11 is 13.2. The fourth-order valence-corrected chi connectivity index (χ4v) is 2.56. The first-order valence-corrected chi connectivity index (χ1v) is 6.65. The van der Waals surface area contributed by atoms with Crippen LogP contribution in [0.5, 0.6) is 0 Å². The van der Waals surface area contributed by atoms with Crippen molar-refractivity contribution in [1.82, 2.24) is 0 Å². The molecule has 1 aromatic carbocycles. The Morgan fingerprint density at radius 1 is 1.28 bits per heavy atom. The Hall–Kier alpha value is -1.23. The molecule has 1 heterocycles. The molecule has 0 aliphatic heterocycles.